The first-order chi connectivity index (χ1) is 25.6. The number of phenols is 3. The van der Waals surface area contributed by atoms with Crippen molar-refractivity contribution in [3.8, 4) is 40.1 Å². The summed E-state index contributed by atoms with van der Waals surface area (Å²) in [5.74, 6) is -3.70. The van der Waals surface area contributed by atoms with E-state index in [-0.39, 0.29) is 11.3 Å². The van der Waals surface area contributed by atoms with Crippen LogP contribution in [0.25, 0.3) is 22.3 Å². The van der Waals surface area contributed by atoms with E-state index in [0.717, 1.165) is 24.3 Å². The van der Waals surface area contributed by atoms with E-state index in [2.05, 4.69) is 0 Å². The van der Waals surface area contributed by atoms with Crippen LogP contribution >= 0.6 is 0 Å². The van der Waals surface area contributed by atoms with E-state index >= 15 is 0 Å². The summed E-state index contributed by atoms with van der Waals surface area (Å²) >= 11 is 0. The second kappa shape index (κ2) is 15.7. The SMILES string of the molecule is CC1O[C@@H](OC2C(O)[C@H](O)C(CO)O[C@H]2Oc2c(-c3ccc(O)c(O)c3)oc3cc(O[C@@H]4OC(CO)[C@@H](O)[C@H](O)C4O)cc(O)c3c2=O)[C@@H](O)C(O)[C@H]1O. The molecule has 3 aromatic rings. The molecule has 6 rings (SSSR count). The monoisotopic (exact) mass is 772 g/mol. The Morgan fingerprint density at radius 1 is 0.630 bits per heavy atom. The average Bonchev–Trinajstić information content (AvgIpc) is 3.14. The molecule has 2 aromatic carbocycles. The van der Waals surface area contributed by atoms with Gasteiger partial charge in [-0.1, -0.05) is 0 Å². The van der Waals surface area contributed by atoms with Crippen LogP contribution in [-0.4, -0.2) is 172 Å². The standard InChI is InChI=1S/C33H40O21/c1-9-19(39)23(43)26(46)31(48-9)54-30-25(45)21(41)17(8-35)52-33(30)53-29-22(42)18-14(38)5-11(49-32-27(47)24(44)20(40)16(7-34)51-32)6-15(18)50-28(29)10-2-3-12(36)13(37)4-10/h2-6,9,16-17,19-21,23-27,30-41,43-47H,7-8H2,1H3/t9?,16?,17?,19-,20+,21+,23?,24-,25?,26-,27?,30?,31-,32+,33-/m0/s1. The van der Waals surface area contributed by atoms with E-state index in [1.54, 1.807) is 0 Å². The molecule has 21 nitrogen and oxygen atoms in total. The summed E-state index contributed by atoms with van der Waals surface area (Å²) in [5, 5.41) is 134. The topological polar surface area (TPSA) is 349 Å². The summed E-state index contributed by atoms with van der Waals surface area (Å²) in [7, 11) is 0. The Morgan fingerprint density at radius 3 is 1.89 bits per heavy atom. The first-order valence-corrected chi connectivity index (χ1v) is 16.5. The predicted octanol–water partition coefficient (Wildman–Crippen LogP) is -4.21. The number of ether oxygens (including phenoxy) is 6. The molecule has 1 aromatic heterocycles. The minimum Gasteiger partial charge on any atom is -0.507 e. The molecular weight excluding hydrogens is 732 g/mol. The second-order valence-corrected chi connectivity index (χ2v) is 13.0. The molecule has 7 unspecified atom stereocenters. The predicted molar refractivity (Wildman–Crippen MR) is 173 cm³/mol. The van der Waals surface area contributed by atoms with Gasteiger partial charge in [-0.3, -0.25) is 4.79 Å². The Balaban J connectivity index is 1.43. The Labute approximate surface area is 303 Å². The van der Waals surface area contributed by atoms with Crippen molar-refractivity contribution in [2.75, 3.05) is 13.2 Å². The molecule has 0 saturated carbocycles. The molecule has 298 valence electrons. The van der Waals surface area contributed by atoms with Crippen molar-refractivity contribution in [3.63, 3.8) is 0 Å². The first-order valence-electron chi connectivity index (χ1n) is 16.5. The number of phenolic OH excluding ortho intramolecular Hbond substituents is 3. The summed E-state index contributed by atoms with van der Waals surface area (Å²) in [6.45, 7) is -0.308. The number of hydrogen-bond acceptors (Lipinski definition) is 21. The highest BCUT2D eigenvalue weighted by Crippen LogP contribution is 2.41. The normalized spacial score (nSPS) is 37.3. The highest BCUT2D eigenvalue weighted by atomic mass is 16.8. The van der Waals surface area contributed by atoms with E-state index in [1.165, 1.54) is 13.0 Å². The van der Waals surface area contributed by atoms with Crippen molar-refractivity contribution in [2.24, 2.45) is 0 Å². The lowest BCUT2D eigenvalue weighted by molar-refractivity contribution is -0.354. The van der Waals surface area contributed by atoms with Crippen molar-refractivity contribution >= 4 is 11.0 Å². The number of hydrogen-bond donors (Lipinski definition) is 13. The van der Waals surface area contributed by atoms with E-state index in [9.17, 15) is 71.2 Å². The van der Waals surface area contributed by atoms with Crippen molar-refractivity contribution < 1.29 is 99.2 Å². The number of rotatable bonds is 9. The highest BCUT2D eigenvalue weighted by molar-refractivity contribution is 5.88. The zero-order chi connectivity index (χ0) is 39.3. The molecule has 21 heteroatoms. The summed E-state index contributed by atoms with van der Waals surface area (Å²) < 4.78 is 39.7. The maximum atomic E-state index is 14.2. The maximum Gasteiger partial charge on any atom is 0.239 e. The molecule has 0 amide bonds. The van der Waals surface area contributed by atoms with Gasteiger partial charge in [-0.15, -0.1) is 0 Å². The number of aliphatic hydroxyl groups excluding tert-OH is 10. The van der Waals surface area contributed by atoms with E-state index in [0.29, 0.717) is 0 Å². The molecule has 0 aliphatic carbocycles. The average molecular weight is 773 g/mol. The Kier molecular flexibility index (Phi) is 11.5. The summed E-state index contributed by atoms with van der Waals surface area (Å²) in [6, 6.07) is 5.13. The van der Waals surface area contributed by atoms with Crippen LogP contribution in [0.4, 0.5) is 0 Å². The fraction of sp³-hybridized carbons (Fsp3) is 0.545. The van der Waals surface area contributed by atoms with Crippen LogP contribution in [0.15, 0.2) is 39.5 Å². The molecule has 0 bridgehead atoms. The highest BCUT2D eigenvalue weighted by Gasteiger charge is 2.51. The van der Waals surface area contributed by atoms with Gasteiger partial charge in [0.05, 0.1) is 19.3 Å². The first kappa shape index (κ1) is 39.8. The van der Waals surface area contributed by atoms with Gasteiger partial charge in [-0.25, -0.2) is 0 Å². The van der Waals surface area contributed by atoms with Gasteiger partial charge in [-0.2, -0.15) is 0 Å². The third-order valence-corrected chi connectivity index (χ3v) is 9.40. The molecule has 13 N–H and O–H groups in total. The van der Waals surface area contributed by atoms with Crippen LogP contribution in [0, 0.1) is 0 Å². The zero-order valence-corrected chi connectivity index (χ0v) is 28.0. The molecule has 15 atom stereocenters. The van der Waals surface area contributed by atoms with Crippen LogP contribution in [0.5, 0.6) is 28.7 Å². The smallest absolute Gasteiger partial charge is 0.239 e. The molecule has 3 fully saturated rings. The van der Waals surface area contributed by atoms with Gasteiger partial charge < -0.3 is 99.2 Å². The zero-order valence-electron chi connectivity index (χ0n) is 28.0. The molecule has 0 spiro atoms. The van der Waals surface area contributed by atoms with Crippen molar-refractivity contribution in [3.05, 3.63) is 40.6 Å². The van der Waals surface area contributed by atoms with Crippen molar-refractivity contribution in [2.45, 2.75) is 99.0 Å². The second-order valence-electron chi connectivity index (χ2n) is 13.0. The lowest BCUT2D eigenvalue weighted by Gasteiger charge is -2.45. The van der Waals surface area contributed by atoms with Gasteiger partial charge in [0.25, 0.3) is 0 Å². The summed E-state index contributed by atoms with van der Waals surface area (Å²) in [6.07, 6.45) is -25.8. The number of fused-ring (bicyclic) bond motifs is 1. The number of aliphatic hydroxyl groups is 10. The quantitative estimate of drug-likeness (QED) is 0.0917. The van der Waals surface area contributed by atoms with E-state index < -0.39 is 150 Å². The van der Waals surface area contributed by atoms with Crippen LogP contribution in [-0.2, 0) is 18.9 Å². The van der Waals surface area contributed by atoms with Crippen LogP contribution in [0.2, 0.25) is 0 Å². The van der Waals surface area contributed by atoms with Crippen molar-refractivity contribution in [1.82, 2.24) is 0 Å². The van der Waals surface area contributed by atoms with Gasteiger partial charge in [0, 0.05) is 17.7 Å². The molecular formula is C33H40O21. The van der Waals surface area contributed by atoms with E-state index in [1.807, 2.05) is 0 Å². The van der Waals surface area contributed by atoms with Gasteiger partial charge in [0.2, 0.25) is 23.8 Å². The van der Waals surface area contributed by atoms with Crippen LogP contribution in [0.3, 0.4) is 0 Å². The lowest BCUT2D eigenvalue weighted by atomic mass is 9.97. The van der Waals surface area contributed by atoms with Gasteiger partial charge >= 0.3 is 0 Å². The third kappa shape index (κ3) is 7.27. The molecule has 3 aliphatic rings. The number of aromatic hydroxyl groups is 3. The lowest BCUT2D eigenvalue weighted by Crippen LogP contribution is -2.64. The minimum atomic E-state index is -1.99. The van der Waals surface area contributed by atoms with Crippen molar-refractivity contribution in [1.29, 1.82) is 0 Å². The number of benzene rings is 2. The molecule has 3 aliphatic heterocycles. The Bertz CT molecular complexity index is 1850. The minimum absolute atomic E-state index is 0.136. The van der Waals surface area contributed by atoms with Gasteiger partial charge in [-0.05, 0) is 25.1 Å². The maximum absolute atomic E-state index is 14.2. The molecule has 54 heavy (non-hydrogen) atoms. The van der Waals surface area contributed by atoms with Gasteiger partial charge in [0.1, 0.15) is 83.5 Å². The Hall–Kier alpha value is -3.91. The van der Waals surface area contributed by atoms with Crippen LogP contribution in [0.1, 0.15) is 6.92 Å². The largest absolute Gasteiger partial charge is 0.507 e. The fourth-order valence-corrected chi connectivity index (χ4v) is 6.28. The van der Waals surface area contributed by atoms with Gasteiger partial charge in [0.15, 0.2) is 29.7 Å². The fourth-order valence-electron chi connectivity index (χ4n) is 6.28. The molecule has 4 heterocycles. The van der Waals surface area contributed by atoms with E-state index in [4.69, 9.17) is 32.8 Å². The molecule has 0 radical (unpaired) electrons. The third-order valence-electron chi connectivity index (χ3n) is 9.40. The molecule has 3 saturated heterocycles. The summed E-state index contributed by atoms with van der Waals surface area (Å²) in [4.78, 5) is 14.2. The summed E-state index contributed by atoms with van der Waals surface area (Å²) in [5.41, 5.74) is -1.69. The van der Waals surface area contributed by atoms with Crippen LogP contribution < -0.4 is 14.9 Å². The Morgan fingerprint density at radius 2 is 1.24 bits per heavy atom.